The number of hydrogen-bond donors (Lipinski definition) is 0. The first-order valence-corrected chi connectivity index (χ1v) is 7.05. The zero-order valence-corrected chi connectivity index (χ0v) is 12.3. The van der Waals surface area contributed by atoms with Gasteiger partial charge in [-0.25, -0.2) is 0 Å². The molecule has 0 spiro atoms. The summed E-state index contributed by atoms with van der Waals surface area (Å²) in [7, 11) is 0. The predicted molar refractivity (Wildman–Crippen MR) is 77.2 cm³/mol. The fraction of sp³-hybridized carbons (Fsp3) is 0.529. The van der Waals surface area contributed by atoms with E-state index in [1.807, 2.05) is 30.3 Å². The third-order valence-corrected chi connectivity index (χ3v) is 4.15. The normalized spacial score (nSPS) is 23.8. The molecule has 0 amide bonds. The maximum absolute atomic E-state index is 12.2. The van der Waals surface area contributed by atoms with Crippen LogP contribution in [0.4, 0.5) is 0 Å². The molecule has 0 radical (unpaired) electrons. The molecule has 1 aliphatic rings. The van der Waals surface area contributed by atoms with Gasteiger partial charge in [0.1, 0.15) is 5.41 Å². The maximum atomic E-state index is 12.2. The van der Waals surface area contributed by atoms with Crippen molar-refractivity contribution in [1.82, 2.24) is 0 Å². The fourth-order valence-corrected chi connectivity index (χ4v) is 2.94. The highest BCUT2D eigenvalue weighted by Gasteiger charge is 2.43. The molecule has 0 saturated carbocycles. The van der Waals surface area contributed by atoms with Crippen LogP contribution in [-0.2, 0) is 14.9 Å². The van der Waals surface area contributed by atoms with E-state index in [4.69, 9.17) is 4.74 Å². The van der Waals surface area contributed by atoms with Crippen molar-refractivity contribution in [1.29, 1.82) is 5.26 Å². The van der Waals surface area contributed by atoms with Crippen LogP contribution in [0, 0.1) is 11.3 Å². The lowest BCUT2D eigenvalue weighted by Crippen LogP contribution is -2.37. The van der Waals surface area contributed by atoms with Gasteiger partial charge >= 0.3 is 0 Å². The molecule has 2 unspecified atom stereocenters. The Balaban J connectivity index is 2.30. The summed E-state index contributed by atoms with van der Waals surface area (Å²) in [5.41, 5.74) is -0.477. The molecule has 0 aromatic heterocycles. The highest BCUT2D eigenvalue weighted by Crippen LogP contribution is 2.38. The van der Waals surface area contributed by atoms with Gasteiger partial charge in [-0.2, -0.15) is 5.26 Å². The average molecular weight is 271 g/mol. The van der Waals surface area contributed by atoms with Crippen LogP contribution in [0.25, 0.3) is 0 Å². The van der Waals surface area contributed by atoms with E-state index in [1.165, 1.54) is 6.92 Å². The van der Waals surface area contributed by atoms with Gasteiger partial charge in [0.25, 0.3) is 0 Å². The topological polar surface area (TPSA) is 50.1 Å². The second-order valence-corrected chi connectivity index (χ2v) is 6.18. The van der Waals surface area contributed by atoms with Gasteiger partial charge in [-0.05, 0) is 39.2 Å². The lowest BCUT2D eigenvalue weighted by molar-refractivity contribution is -0.122. The number of carbonyl (C=O) groups excluding carboxylic acids is 1. The van der Waals surface area contributed by atoms with E-state index in [-0.39, 0.29) is 17.5 Å². The predicted octanol–water partition coefficient (Wildman–Crippen LogP) is 3.38. The van der Waals surface area contributed by atoms with Gasteiger partial charge in [0, 0.05) is 6.42 Å². The smallest absolute Gasteiger partial charge is 0.154 e. The minimum absolute atomic E-state index is 0.0336. The molecule has 2 atom stereocenters. The molecule has 3 nitrogen and oxygen atoms in total. The molecule has 0 N–H and O–H groups in total. The Morgan fingerprint density at radius 3 is 2.55 bits per heavy atom. The van der Waals surface area contributed by atoms with E-state index in [1.54, 1.807) is 0 Å². The van der Waals surface area contributed by atoms with Crippen LogP contribution in [-0.4, -0.2) is 17.5 Å². The van der Waals surface area contributed by atoms with Gasteiger partial charge in [0.2, 0.25) is 0 Å². The van der Waals surface area contributed by atoms with Crippen molar-refractivity contribution < 1.29 is 9.53 Å². The van der Waals surface area contributed by atoms with Crippen LogP contribution in [0.5, 0.6) is 0 Å². The van der Waals surface area contributed by atoms with Gasteiger partial charge in [-0.1, -0.05) is 30.3 Å². The SMILES string of the molecule is CC(=O)C(C#N)(CC1CCC(C)(C)O1)c1ccccc1. The van der Waals surface area contributed by atoms with Crippen LogP contribution < -0.4 is 0 Å². The lowest BCUT2D eigenvalue weighted by atomic mass is 9.74. The number of rotatable bonds is 4. The molecule has 1 aromatic carbocycles. The Hall–Kier alpha value is -1.66. The Morgan fingerprint density at radius 1 is 1.45 bits per heavy atom. The number of nitriles is 1. The van der Waals surface area contributed by atoms with Crippen molar-refractivity contribution in [3.05, 3.63) is 35.9 Å². The first-order chi connectivity index (χ1) is 9.39. The van der Waals surface area contributed by atoms with Crippen LogP contribution in [0.3, 0.4) is 0 Å². The van der Waals surface area contributed by atoms with Gasteiger partial charge < -0.3 is 4.74 Å². The van der Waals surface area contributed by atoms with Crippen molar-refractivity contribution in [3.63, 3.8) is 0 Å². The number of benzene rings is 1. The van der Waals surface area contributed by atoms with Crippen LogP contribution in [0.1, 0.15) is 45.6 Å². The largest absolute Gasteiger partial charge is 0.372 e. The van der Waals surface area contributed by atoms with Crippen LogP contribution in [0.15, 0.2) is 30.3 Å². The summed E-state index contributed by atoms with van der Waals surface area (Å²) in [6.45, 7) is 5.60. The van der Waals surface area contributed by atoms with Crippen molar-refractivity contribution in [2.45, 2.75) is 57.2 Å². The molecule has 20 heavy (non-hydrogen) atoms. The third kappa shape index (κ3) is 2.76. The minimum Gasteiger partial charge on any atom is -0.372 e. The highest BCUT2D eigenvalue weighted by atomic mass is 16.5. The monoisotopic (exact) mass is 271 g/mol. The summed E-state index contributed by atoms with van der Waals surface area (Å²) in [6, 6.07) is 11.6. The average Bonchev–Trinajstić information content (AvgIpc) is 2.76. The second-order valence-electron chi connectivity index (χ2n) is 6.18. The molecule has 1 saturated heterocycles. The Bertz CT molecular complexity index is 530. The Kier molecular flexibility index (Phi) is 3.96. The zero-order valence-electron chi connectivity index (χ0n) is 12.3. The number of carbonyl (C=O) groups is 1. The van der Waals surface area contributed by atoms with E-state index in [9.17, 15) is 10.1 Å². The number of ketones is 1. The molecule has 106 valence electrons. The Morgan fingerprint density at radius 2 is 2.10 bits per heavy atom. The molecule has 3 heteroatoms. The summed E-state index contributed by atoms with van der Waals surface area (Å²) in [4.78, 5) is 12.2. The van der Waals surface area contributed by atoms with Gasteiger partial charge in [0.05, 0.1) is 17.8 Å². The van der Waals surface area contributed by atoms with Crippen molar-refractivity contribution in [3.8, 4) is 6.07 Å². The summed E-state index contributed by atoms with van der Waals surface area (Å²) < 4.78 is 5.97. The molecule has 0 aliphatic carbocycles. The van der Waals surface area contributed by atoms with Gasteiger partial charge in [0.15, 0.2) is 5.78 Å². The van der Waals surface area contributed by atoms with E-state index in [0.717, 1.165) is 18.4 Å². The first kappa shape index (κ1) is 14.7. The third-order valence-electron chi connectivity index (χ3n) is 4.15. The molecule has 1 fully saturated rings. The van der Waals surface area contributed by atoms with Crippen LogP contribution >= 0.6 is 0 Å². The summed E-state index contributed by atoms with van der Waals surface area (Å²) in [5, 5.41) is 9.66. The van der Waals surface area contributed by atoms with Crippen molar-refractivity contribution in [2.24, 2.45) is 0 Å². The highest BCUT2D eigenvalue weighted by molar-refractivity contribution is 5.91. The van der Waals surface area contributed by atoms with Gasteiger partial charge in [-0.3, -0.25) is 4.79 Å². The van der Waals surface area contributed by atoms with E-state index >= 15 is 0 Å². The second kappa shape index (κ2) is 5.38. The standard InChI is InChI=1S/C17H21NO2/c1-13(19)17(12-18,14-7-5-4-6-8-14)11-15-9-10-16(2,3)20-15/h4-8,15H,9-11H2,1-3H3. The van der Waals surface area contributed by atoms with Crippen molar-refractivity contribution >= 4 is 5.78 Å². The summed E-state index contributed by atoms with van der Waals surface area (Å²) in [6.07, 6.45) is 2.27. The fourth-order valence-electron chi connectivity index (χ4n) is 2.94. The first-order valence-electron chi connectivity index (χ1n) is 7.05. The number of Topliss-reactive ketones (excluding diaryl/α,β-unsaturated/α-hetero) is 1. The molecule has 0 bridgehead atoms. The number of nitrogens with zero attached hydrogens (tertiary/aromatic N) is 1. The Labute approximate surface area is 120 Å². The molecule has 1 aromatic rings. The van der Waals surface area contributed by atoms with E-state index in [2.05, 4.69) is 19.9 Å². The van der Waals surface area contributed by atoms with Crippen LogP contribution in [0.2, 0.25) is 0 Å². The molecule has 1 heterocycles. The maximum Gasteiger partial charge on any atom is 0.154 e. The number of hydrogen-bond acceptors (Lipinski definition) is 3. The zero-order chi connectivity index (χ0) is 14.8. The van der Waals surface area contributed by atoms with Crippen molar-refractivity contribution in [2.75, 3.05) is 0 Å². The summed E-state index contributed by atoms with van der Waals surface area (Å²) in [5.74, 6) is -0.112. The molecule has 1 aliphatic heterocycles. The molecular weight excluding hydrogens is 250 g/mol. The molecular formula is C17H21NO2. The summed E-state index contributed by atoms with van der Waals surface area (Å²) >= 11 is 0. The number of ether oxygens (including phenoxy) is 1. The lowest BCUT2D eigenvalue weighted by Gasteiger charge is -2.28. The van der Waals surface area contributed by atoms with E-state index < -0.39 is 5.41 Å². The molecule has 2 rings (SSSR count). The minimum atomic E-state index is -1.09. The quantitative estimate of drug-likeness (QED) is 0.843. The van der Waals surface area contributed by atoms with Gasteiger partial charge in [-0.15, -0.1) is 0 Å². The van der Waals surface area contributed by atoms with E-state index in [0.29, 0.717) is 6.42 Å².